The van der Waals surface area contributed by atoms with Crippen molar-refractivity contribution in [2.75, 3.05) is 19.6 Å². The highest BCUT2D eigenvalue weighted by Gasteiger charge is 2.38. The van der Waals surface area contributed by atoms with Crippen molar-refractivity contribution in [3.05, 3.63) is 35.9 Å². The van der Waals surface area contributed by atoms with Crippen LogP contribution in [-0.4, -0.2) is 59.0 Å². The van der Waals surface area contributed by atoms with Crippen LogP contribution in [-0.2, 0) is 20.9 Å². The van der Waals surface area contributed by atoms with Gasteiger partial charge in [-0.15, -0.1) is 0 Å². The summed E-state index contributed by atoms with van der Waals surface area (Å²) in [5, 5.41) is 0. The van der Waals surface area contributed by atoms with Crippen molar-refractivity contribution in [1.82, 2.24) is 9.80 Å². The average Bonchev–Trinajstić information content (AvgIpc) is 2.77. The van der Waals surface area contributed by atoms with E-state index in [9.17, 15) is 14.4 Å². The molecule has 2 aliphatic heterocycles. The quantitative estimate of drug-likeness (QED) is 0.619. The molecule has 3 rings (SSSR count). The number of Topliss-reactive ketones (excluding diaryl/α,β-unsaturated/α-hetero) is 1. The lowest BCUT2D eigenvalue weighted by Crippen LogP contribution is -2.52. The predicted octanol–water partition coefficient (Wildman–Crippen LogP) is 5.03. The van der Waals surface area contributed by atoms with E-state index in [1.54, 1.807) is 9.80 Å². The zero-order valence-corrected chi connectivity index (χ0v) is 20.4. The van der Waals surface area contributed by atoms with Crippen LogP contribution in [0.25, 0.3) is 0 Å². The summed E-state index contributed by atoms with van der Waals surface area (Å²) in [5.74, 6) is 0.681. The monoisotopic (exact) mass is 458 g/mol. The van der Waals surface area contributed by atoms with Gasteiger partial charge in [0.15, 0.2) is 5.78 Å². The van der Waals surface area contributed by atoms with Crippen molar-refractivity contribution in [2.45, 2.75) is 78.0 Å². The first kappa shape index (κ1) is 25.1. The van der Waals surface area contributed by atoms with Crippen LogP contribution in [0.2, 0.25) is 0 Å². The van der Waals surface area contributed by atoms with Gasteiger partial charge in [0.1, 0.15) is 12.2 Å². The molecule has 0 radical (unpaired) electrons. The Kier molecular flexibility index (Phi) is 8.38. The van der Waals surface area contributed by atoms with Gasteiger partial charge in [-0.25, -0.2) is 9.59 Å². The molecule has 0 bridgehead atoms. The molecule has 182 valence electrons. The van der Waals surface area contributed by atoms with Crippen molar-refractivity contribution in [1.29, 1.82) is 0 Å². The SMILES string of the molecule is C[C@H]1CCC(C(=O)CC2CCN(C(=O)OCc3ccccc3)CC2)N(C(=O)OC(C)(C)C)C1. The van der Waals surface area contributed by atoms with E-state index >= 15 is 0 Å². The number of likely N-dealkylation sites (tertiary alicyclic amines) is 2. The Labute approximate surface area is 197 Å². The fraction of sp³-hybridized carbons (Fsp3) is 0.654. The minimum Gasteiger partial charge on any atom is -0.445 e. The van der Waals surface area contributed by atoms with Crippen LogP contribution in [0, 0.1) is 11.8 Å². The maximum absolute atomic E-state index is 13.2. The third-order valence-corrected chi connectivity index (χ3v) is 6.38. The first-order valence-electron chi connectivity index (χ1n) is 12.1. The fourth-order valence-corrected chi connectivity index (χ4v) is 4.56. The Hall–Kier alpha value is -2.57. The maximum atomic E-state index is 13.2. The maximum Gasteiger partial charge on any atom is 0.410 e. The van der Waals surface area contributed by atoms with Crippen LogP contribution in [0.1, 0.15) is 65.4 Å². The molecule has 33 heavy (non-hydrogen) atoms. The van der Waals surface area contributed by atoms with E-state index < -0.39 is 17.7 Å². The minimum absolute atomic E-state index is 0.109. The van der Waals surface area contributed by atoms with Crippen LogP contribution in [0.4, 0.5) is 9.59 Å². The van der Waals surface area contributed by atoms with E-state index in [4.69, 9.17) is 9.47 Å². The molecule has 2 saturated heterocycles. The van der Waals surface area contributed by atoms with E-state index in [1.165, 1.54) is 0 Å². The van der Waals surface area contributed by atoms with Crippen molar-refractivity contribution in [3.8, 4) is 0 Å². The molecule has 2 atom stereocenters. The van der Waals surface area contributed by atoms with Gasteiger partial charge < -0.3 is 14.4 Å². The number of hydrogen-bond acceptors (Lipinski definition) is 5. The lowest BCUT2D eigenvalue weighted by atomic mass is 9.85. The van der Waals surface area contributed by atoms with Gasteiger partial charge in [-0.3, -0.25) is 9.69 Å². The summed E-state index contributed by atoms with van der Waals surface area (Å²) >= 11 is 0. The van der Waals surface area contributed by atoms with Crippen molar-refractivity contribution in [3.63, 3.8) is 0 Å². The molecule has 2 aliphatic rings. The summed E-state index contributed by atoms with van der Waals surface area (Å²) in [4.78, 5) is 41.7. The highest BCUT2D eigenvalue weighted by Crippen LogP contribution is 2.28. The molecular formula is C26H38N2O5. The number of carbonyl (C=O) groups is 3. The van der Waals surface area contributed by atoms with Gasteiger partial charge in [0.05, 0.1) is 6.04 Å². The number of ether oxygens (including phenoxy) is 2. The number of hydrogen-bond donors (Lipinski definition) is 0. The van der Waals surface area contributed by atoms with E-state index in [0.29, 0.717) is 38.4 Å². The molecule has 1 aromatic rings. The van der Waals surface area contributed by atoms with Crippen LogP contribution >= 0.6 is 0 Å². The molecule has 1 aromatic carbocycles. The second-order valence-electron chi connectivity index (χ2n) is 10.5. The van der Waals surface area contributed by atoms with Crippen LogP contribution in [0.3, 0.4) is 0 Å². The molecule has 2 amide bonds. The zero-order chi connectivity index (χ0) is 24.0. The minimum atomic E-state index is -0.590. The standard InChI is InChI=1S/C26H38N2O5/c1-19-10-11-22(28(17-19)25(31)33-26(2,3)4)23(29)16-20-12-14-27(15-13-20)24(30)32-18-21-8-6-5-7-9-21/h5-9,19-20,22H,10-18H2,1-4H3/t19-,22?/m0/s1. The second-order valence-corrected chi connectivity index (χ2v) is 10.5. The number of benzene rings is 1. The first-order chi connectivity index (χ1) is 15.6. The van der Waals surface area contributed by atoms with E-state index in [-0.39, 0.29) is 24.4 Å². The first-order valence-corrected chi connectivity index (χ1v) is 12.1. The Morgan fingerprint density at radius 1 is 0.970 bits per heavy atom. The lowest BCUT2D eigenvalue weighted by Gasteiger charge is -2.39. The summed E-state index contributed by atoms with van der Waals surface area (Å²) in [5.41, 5.74) is 0.371. The largest absolute Gasteiger partial charge is 0.445 e. The highest BCUT2D eigenvalue weighted by atomic mass is 16.6. The zero-order valence-electron chi connectivity index (χ0n) is 20.4. The highest BCUT2D eigenvalue weighted by molar-refractivity contribution is 5.88. The average molecular weight is 459 g/mol. The van der Waals surface area contributed by atoms with Gasteiger partial charge >= 0.3 is 12.2 Å². The van der Waals surface area contributed by atoms with Crippen molar-refractivity contribution in [2.24, 2.45) is 11.8 Å². The molecule has 2 heterocycles. The lowest BCUT2D eigenvalue weighted by molar-refractivity contribution is -0.127. The van der Waals surface area contributed by atoms with Gasteiger partial charge in [-0.2, -0.15) is 0 Å². The van der Waals surface area contributed by atoms with E-state index in [1.807, 2.05) is 51.1 Å². The van der Waals surface area contributed by atoms with Gasteiger partial charge in [-0.05, 0) is 63.9 Å². The number of nitrogens with zero attached hydrogens (tertiary/aromatic N) is 2. The smallest absolute Gasteiger partial charge is 0.410 e. The molecule has 2 fully saturated rings. The Morgan fingerprint density at radius 3 is 2.27 bits per heavy atom. The predicted molar refractivity (Wildman–Crippen MR) is 126 cm³/mol. The van der Waals surface area contributed by atoms with Gasteiger partial charge in [0, 0.05) is 26.1 Å². The Bertz CT molecular complexity index is 812. The molecule has 7 heteroatoms. The number of ketones is 1. The van der Waals surface area contributed by atoms with E-state index in [0.717, 1.165) is 24.8 Å². The van der Waals surface area contributed by atoms with Crippen LogP contribution in [0.15, 0.2) is 30.3 Å². The second kappa shape index (κ2) is 11.0. The molecule has 0 spiro atoms. The molecule has 0 aromatic heterocycles. The van der Waals surface area contributed by atoms with Gasteiger partial charge in [0.2, 0.25) is 0 Å². The summed E-state index contributed by atoms with van der Waals surface area (Å²) in [6.45, 7) is 9.61. The van der Waals surface area contributed by atoms with Crippen LogP contribution < -0.4 is 0 Å². The van der Waals surface area contributed by atoms with Crippen LogP contribution in [0.5, 0.6) is 0 Å². The number of rotatable bonds is 5. The molecule has 0 aliphatic carbocycles. The normalized spacial score (nSPS) is 22.1. The van der Waals surface area contributed by atoms with Gasteiger partial charge in [0.25, 0.3) is 0 Å². The van der Waals surface area contributed by atoms with Gasteiger partial charge in [-0.1, -0.05) is 37.3 Å². The third kappa shape index (κ3) is 7.47. The summed E-state index contributed by atoms with van der Waals surface area (Å²) in [7, 11) is 0. The third-order valence-electron chi connectivity index (χ3n) is 6.38. The van der Waals surface area contributed by atoms with Crippen molar-refractivity contribution >= 4 is 18.0 Å². The molecule has 0 N–H and O–H groups in total. The molecule has 7 nitrogen and oxygen atoms in total. The summed E-state index contributed by atoms with van der Waals surface area (Å²) in [6, 6.07) is 9.21. The summed E-state index contributed by atoms with van der Waals surface area (Å²) in [6.07, 6.45) is 2.88. The topological polar surface area (TPSA) is 76.2 Å². The molecule has 1 unspecified atom stereocenters. The van der Waals surface area contributed by atoms with Crippen molar-refractivity contribution < 1.29 is 23.9 Å². The number of amides is 2. The Balaban J connectivity index is 1.48. The van der Waals surface area contributed by atoms with E-state index in [2.05, 4.69) is 6.92 Å². The molecule has 0 saturated carbocycles. The fourth-order valence-electron chi connectivity index (χ4n) is 4.56. The Morgan fingerprint density at radius 2 is 1.64 bits per heavy atom. The number of piperidine rings is 2. The summed E-state index contributed by atoms with van der Waals surface area (Å²) < 4.78 is 11.0. The number of carbonyl (C=O) groups excluding carboxylic acids is 3. The molecular weight excluding hydrogens is 420 g/mol.